The SMILES string of the molecule is CCNC(=NCc1ccccc1S(=O)(=O)NC(C)(C)C)NCC(C)(O)c1ccccc1. The van der Waals surface area contributed by atoms with Crippen molar-refractivity contribution < 1.29 is 13.5 Å². The number of rotatable bonds is 8. The molecule has 0 amide bonds. The van der Waals surface area contributed by atoms with Gasteiger partial charge in [-0.05, 0) is 51.8 Å². The quantitative estimate of drug-likeness (QED) is 0.369. The highest BCUT2D eigenvalue weighted by atomic mass is 32.2. The highest BCUT2D eigenvalue weighted by Gasteiger charge is 2.25. The van der Waals surface area contributed by atoms with Crippen LogP contribution in [0.25, 0.3) is 0 Å². The molecule has 0 aliphatic heterocycles. The van der Waals surface area contributed by atoms with Crippen LogP contribution in [-0.2, 0) is 22.2 Å². The average Bonchev–Trinajstić information content (AvgIpc) is 2.69. The minimum Gasteiger partial charge on any atom is -0.384 e. The summed E-state index contributed by atoms with van der Waals surface area (Å²) in [6.07, 6.45) is 0. The van der Waals surface area contributed by atoms with Gasteiger partial charge in [0.15, 0.2) is 5.96 Å². The lowest BCUT2D eigenvalue weighted by Crippen LogP contribution is -2.44. The zero-order valence-corrected chi connectivity index (χ0v) is 19.8. The molecular weight excluding hydrogens is 412 g/mol. The van der Waals surface area contributed by atoms with Crippen LogP contribution in [0.2, 0.25) is 0 Å². The summed E-state index contributed by atoms with van der Waals surface area (Å²) in [6.45, 7) is 10.1. The largest absolute Gasteiger partial charge is 0.384 e. The van der Waals surface area contributed by atoms with E-state index in [0.717, 1.165) is 5.56 Å². The first kappa shape index (κ1) is 24.8. The van der Waals surface area contributed by atoms with E-state index in [2.05, 4.69) is 20.3 Å². The van der Waals surface area contributed by atoms with Crippen molar-refractivity contribution in [2.75, 3.05) is 13.1 Å². The molecule has 0 heterocycles. The molecule has 2 aromatic rings. The Morgan fingerprint density at radius 2 is 1.58 bits per heavy atom. The maximum absolute atomic E-state index is 12.8. The van der Waals surface area contributed by atoms with Gasteiger partial charge in [0.25, 0.3) is 0 Å². The lowest BCUT2D eigenvalue weighted by molar-refractivity contribution is 0.0617. The van der Waals surface area contributed by atoms with E-state index in [4.69, 9.17) is 0 Å². The van der Waals surface area contributed by atoms with E-state index in [1.54, 1.807) is 52.0 Å². The summed E-state index contributed by atoms with van der Waals surface area (Å²) < 4.78 is 28.3. The molecule has 7 nitrogen and oxygen atoms in total. The van der Waals surface area contributed by atoms with Gasteiger partial charge in [0.1, 0.15) is 5.60 Å². The van der Waals surface area contributed by atoms with Crippen molar-refractivity contribution in [2.45, 2.75) is 57.2 Å². The third-order valence-electron chi connectivity index (χ3n) is 4.45. The molecule has 0 aliphatic carbocycles. The van der Waals surface area contributed by atoms with Crippen LogP contribution in [-0.4, -0.2) is 38.1 Å². The Kier molecular flexibility index (Phi) is 8.22. The number of nitrogens with one attached hydrogen (secondary N) is 3. The Balaban J connectivity index is 2.20. The van der Waals surface area contributed by atoms with Gasteiger partial charge in [-0.3, -0.25) is 0 Å². The number of benzene rings is 2. The van der Waals surface area contributed by atoms with E-state index in [9.17, 15) is 13.5 Å². The molecule has 2 rings (SSSR count). The molecule has 170 valence electrons. The van der Waals surface area contributed by atoms with E-state index in [1.165, 1.54) is 0 Å². The molecule has 0 saturated carbocycles. The Morgan fingerprint density at radius 1 is 0.968 bits per heavy atom. The predicted molar refractivity (Wildman–Crippen MR) is 125 cm³/mol. The maximum Gasteiger partial charge on any atom is 0.241 e. The molecule has 4 N–H and O–H groups in total. The molecule has 1 atom stereocenters. The van der Waals surface area contributed by atoms with Crippen LogP contribution >= 0.6 is 0 Å². The Morgan fingerprint density at radius 3 is 2.19 bits per heavy atom. The Hall–Kier alpha value is -2.42. The van der Waals surface area contributed by atoms with Gasteiger partial charge in [-0.15, -0.1) is 0 Å². The molecule has 0 spiro atoms. The first-order valence-electron chi connectivity index (χ1n) is 10.4. The maximum atomic E-state index is 12.8. The van der Waals surface area contributed by atoms with Gasteiger partial charge in [-0.1, -0.05) is 48.5 Å². The van der Waals surface area contributed by atoms with E-state index in [1.807, 2.05) is 37.3 Å². The van der Waals surface area contributed by atoms with Gasteiger partial charge >= 0.3 is 0 Å². The average molecular weight is 447 g/mol. The number of aliphatic imine (C=N–C) groups is 1. The summed E-state index contributed by atoms with van der Waals surface area (Å²) in [5.41, 5.74) is -0.293. The van der Waals surface area contributed by atoms with Crippen LogP contribution in [0.1, 0.15) is 45.7 Å². The summed E-state index contributed by atoms with van der Waals surface area (Å²) >= 11 is 0. The summed E-state index contributed by atoms with van der Waals surface area (Å²) in [6, 6.07) is 16.2. The van der Waals surface area contributed by atoms with Crippen molar-refractivity contribution in [2.24, 2.45) is 4.99 Å². The van der Waals surface area contributed by atoms with Crippen molar-refractivity contribution in [3.05, 3.63) is 65.7 Å². The van der Waals surface area contributed by atoms with Crippen molar-refractivity contribution in [1.29, 1.82) is 0 Å². The molecule has 1 unspecified atom stereocenters. The van der Waals surface area contributed by atoms with E-state index < -0.39 is 21.2 Å². The molecular formula is C23H34N4O3S. The fourth-order valence-corrected chi connectivity index (χ4v) is 4.67. The number of aliphatic hydroxyl groups is 1. The van der Waals surface area contributed by atoms with Gasteiger partial charge < -0.3 is 15.7 Å². The summed E-state index contributed by atoms with van der Waals surface area (Å²) in [5.74, 6) is 0.495. The van der Waals surface area contributed by atoms with Crippen LogP contribution < -0.4 is 15.4 Å². The van der Waals surface area contributed by atoms with Crippen LogP contribution in [0.4, 0.5) is 0 Å². The van der Waals surface area contributed by atoms with Crippen LogP contribution in [0.5, 0.6) is 0 Å². The second-order valence-corrected chi connectivity index (χ2v) is 10.3. The third-order valence-corrected chi connectivity index (χ3v) is 6.31. The highest BCUT2D eigenvalue weighted by molar-refractivity contribution is 7.89. The molecule has 2 aromatic carbocycles. The van der Waals surface area contributed by atoms with Crippen molar-refractivity contribution in [3.8, 4) is 0 Å². The highest BCUT2D eigenvalue weighted by Crippen LogP contribution is 2.20. The van der Waals surface area contributed by atoms with Gasteiger partial charge in [-0.25, -0.2) is 18.1 Å². The smallest absolute Gasteiger partial charge is 0.241 e. The standard InChI is InChI=1S/C23H34N4O3S/c1-6-24-21(26-17-23(5,28)19-13-8-7-9-14-19)25-16-18-12-10-11-15-20(18)31(29,30)27-22(2,3)4/h7-15,27-28H,6,16-17H2,1-5H3,(H2,24,25,26). The fourth-order valence-electron chi connectivity index (χ4n) is 3.02. The lowest BCUT2D eigenvalue weighted by Gasteiger charge is -2.25. The minimum absolute atomic E-state index is 0.171. The number of sulfonamides is 1. The van der Waals surface area contributed by atoms with Crippen LogP contribution in [0.15, 0.2) is 64.5 Å². The molecule has 0 bridgehead atoms. The first-order valence-corrected chi connectivity index (χ1v) is 11.8. The topological polar surface area (TPSA) is 103 Å². The number of guanidine groups is 1. The second kappa shape index (κ2) is 10.3. The van der Waals surface area contributed by atoms with Crippen molar-refractivity contribution >= 4 is 16.0 Å². The zero-order valence-electron chi connectivity index (χ0n) is 18.9. The molecule has 0 aromatic heterocycles. The van der Waals surface area contributed by atoms with E-state index >= 15 is 0 Å². The lowest BCUT2D eigenvalue weighted by atomic mass is 9.96. The van der Waals surface area contributed by atoms with Crippen LogP contribution in [0.3, 0.4) is 0 Å². The second-order valence-electron chi connectivity index (χ2n) is 8.65. The van der Waals surface area contributed by atoms with Gasteiger partial charge in [-0.2, -0.15) is 0 Å². The van der Waals surface area contributed by atoms with Crippen molar-refractivity contribution in [1.82, 2.24) is 15.4 Å². The molecule has 0 aliphatic rings. The van der Waals surface area contributed by atoms with E-state index in [-0.39, 0.29) is 18.0 Å². The Labute approximate surface area is 186 Å². The van der Waals surface area contributed by atoms with Crippen molar-refractivity contribution in [3.63, 3.8) is 0 Å². The molecule has 31 heavy (non-hydrogen) atoms. The Bertz CT molecular complexity index is 981. The normalized spacial score (nSPS) is 14.7. The third kappa shape index (κ3) is 7.65. The first-order chi connectivity index (χ1) is 14.4. The van der Waals surface area contributed by atoms with Gasteiger partial charge in [0.2, 0.25) is 10.0 Å². The summed E-state index contributed by atoms with van der Waals surface area (Å²) in [4.78, 5) is 4.75. The predicted octanol–water partition coefficient (Wildman–Crippen LogP) is 2.73. The number of nitrogens with zero attached hydrogens (tertiary/aromatic N) is 1. The molecule has 0 fully saturated rings. The minimum atomic E-state index is -3.68. The summed E-state index contributed by atoms with van der Waals surface area (Å²) in [7, 11) is -3.68. The van der Waals surface area contributed by atoms with Gasteiger partial charge in [0.05, 0.1) is 18.0 Å². The number of hydrogen-bond acceptors (Lipinski definition) is 4. The summed E-state index contributed by atoms with van der Waals surface area (Å²) in [5, 5.41) is 17.1. The van der Waals surface area contributed by atoms with E-state index in [0.29, 0.717) is 18.1 Å². The van der Waals surface area contributed by atoms with Gasteiger partial charge in [0, 0.05) is 12.1 Å². The molecule has 0 saturated heterocycles. The molecule has 8 heteroatoms. The fraction of sp³-hybridized carbons (Fsp3) is 0.435. The monoisotopic (exact) mass is 446 g/mol. The van der Waals surface area contributed by atoms with Crippen LogP contribution in [0, 0.1) is 0 Å². The molecule has 0 radical (unpaired) electrons. The number of hydrogen-bond donors (Lipinski definition) is 4. The zero-order chi connectivity index (χ0) is 23.1.